The van der Waals surface area contributed by atoms with Gasteiger partial charge in [0, 0.05) is 12.3 Å². The number of aromatic nitrogens is 2. The zero-order chi connectivity index (χ0) is 17.5. The molecule has 9 heteroatoms. The van der Waals surface area contributed by atoms with Gasteiger partial charge in [0.15, 0.2) is 4.34 Å². The van der Waals surface area contributed by atoms with Gasteiger partial charge in [-0.2, -0.15) is 0 Å². The highest BCUT2D eigenvalue weighted by atomic mass is 32.2. The Labute approximate surface area is 149 Å². The van der Waals surface area contributed by atoms with Crippen molar-refractivity contribution in [2.24, 2.45) is 0 Å². The van der Waals surface area contributed by atoms with Crippen molar-refractivity contribution in [3.05, 3.63) is 34.3 Å². The molecule has 0 radical (unpaired) electrons. The summed E-state index contributed by atoms with van der Waals surface area (Å²) in [5, 5.41) is 8.77. The second kappa shape index (κ2) is 6.45. The molecule has 0 spiro atoms. The van der Waals surface area contributed by atoms with E-state index in [0.29, 0.717) is 11.3 Å². The molecule has 3 rings (SSSR count). The Hall–Kier alpha value is -1.45. The largest absolute Gasteiger partial charge is 0.269 e. The minimum absolute atomic E-state index is 0.0813. The third kappa shape index (κ3) is 2.96. The molecule has 0 atom stereocenters. The van der Waals surface area contributed by atoms with Gasteiger partial charge in [-0.3, -0.25) is 4.79 Å². The molecule has 2 aromatic rings. The maximum atomic E-state index is 12.7. The lowest BCUT2D eigenvalue weighted by atomic mass is 9.97. The van der Waals surface area contributed by atoms with E-state index in [9.17, 15) is 13.2 Å². The van der Waals surface area contributed by atoms with Crippen LogP contribution in [0.3, 0.4) is 0 Å². The second-order valence-electron chi connectivity index (χ2n) is 5.69. The maximum absolute atomic E-state index is 12.7. The lowest BCUT2D eigenvalue weighted by molar-refractivity contribution is 0.0875. The molecule has 24 heavy (non-hydrogen) atoms. The van der Waals surface area contributed by atoms with E-state index >= 15 is 0 Å². The fourth-order valence-electron chi connectivity index (χ4n) is 2.60. The van der Waals surface area contributed by atoms with E-state index in [1.807, 2.05) is 26.8 Å². The maximum Gasteiger partial charge on any atom is 0.269 e. The standard InChI is InChI=1S/C15H17N3O3S3/c1-9(2)11-5-4-6-12-13(11)14(19)18(24(12,20)21)7-8-22-15-17-16-10(3)23-15/h4-6,9H,7-8H2,1-3H3. The second-order valence-corrected chi connectivity index (χ2v) is 10.0. The summed E-state index contributed by atoms with van der Waals surface area (Å²) in [5.41, 5.74) is 1.10. The molecule has 128 valence electrons. The minimum Gasteiger partial charge on any atom is -0.268 e. The van der Waals surface area contributed by atoms with Crippen LogP contribution < -0.4 is 0 Å². The predicted molar refractivity (Wildman–Crippen MR) is 94.1 cm³/mol. The molecule has 0 fully saturated rings. The van der Waals surface area contributed by atoms with Crippen molar-refractivity contribution in [1.82, 2.24) is 14.5 Å². The van der Waals surface area contributed by atoms with Crippen LogP contribution in [0.5, 0.6) is 0 Å². The van der Waals surface area contributed by atoms with E-state index < -0.39 is 15.9 Å². The fourth-order valence-corrected chi connectivity index (χ4v) is 6.12. The summed E-state index contributed by atoms with van der Waals surface area (Å²) in [5.74, 6) is 0.103. The fraction of sp³-hybridized carbons (Fsp3) is 0.400. The van der Waals surface area contributed by atoms with Gasteiger partial charge in [0.1, 0.15) is 9.90 Å². The van der Waals surface area contributed by atoms with Crippen molar-refractivity contribution in [3.8, 4) is 0 Å². The third-order valence-electron chi connectivity index (χ3n) is 3.72. The van der Waals surface area contributed by atoms with Gasteiger partial charge in [-0.25, -0.2) is 12.7 Å². The molecule has 0 unspecified atom stereocenters. The Kier molecular flexibility index (Phi) is 4.67. The Balaban J connectivity index is 1.83. The van der Waals surface area contributed by atoms with Gasteiger partial charge in [0.25, 0.3) is 15.9 Å². The highest BCUT2D eigenvalue weighted by molar-refractivity contribution is 8.01. The Morgan fingerprint density at radius 1 is 1.29 bits per heavy atom. The summed E-state index contributed by atoms with van der Waals surface area (Å²) >= 11 is 2.86. The molecule has 0 saturated heterocycles. The lowest BCUT2D eigenvalue weighted by Crippen LogP contribution is -2.32. The highest BCUT2D eigenvalue weighted by Crippen LogP contribution is 2.35. The van der Waals surface area contributed by atoms with Crippen molar-refractivity contribution in [2.75, 3.05) is 12.3 Å². The van der Waals surface area contributed by atoms with Crippen LogP contribution in [-0.4, -0.2) is 41.1 Å². The van der Waals surface area contributed by atoms with Crippen LogP contribution in [0.1, 0.15) is 40.7 Å². The average molecular weight is 384 g/mol. The third-order valence-corrected chi connectivity index (χ3v) is 7.49. The van der Waals surface area contributed by atoms with Crippen LogP contribution in [-0.2, 0) is 10.0 Å². The summed E-state index contributed by atoms with van der Waals surface area (Å²) in [6.45, 7) is 5.88. The first-order chi connectivity index (χ1) is 11.3. The van der Waals surface area contributed by atoms with E-state index in [1.54, 1.807) is 6.07 Å². The van der Waals surface area contributed by atoms with Gasteiger partial charge in [-0.05, 0) is 24.5 Å². The number of carbonyl (C=O) groups excluding carboxylic acids is 1. The molecule has 1 aliphatic rings. The van der Waals surface area contributed by atoms with Crippen molar-refractivity contribution in [2.45, 2.75) is 35.9 Å². The van der Waals surface area contributed by atoms with Crippen molar-refractivity contribution >= 4 is 39.0 Å². The molecule has 0 N–H and O–H groups in total. The first kappa shape index (κ1) is 17.4. The van der Waals surface area contributed by atoms with E-state index in [0.717, 1.165) is 19.2 Å². The van der Waals surface area contributed by atoms with Gasteiger partial charge in [0.05, 0.1) is 5.56 Å². The van der Waals surface area contributed by atoms with Crippen LogP contribution >= 0.6 is 23.1 Å². The zero-order valence-electron chi connectivity index (χ0n) is 13.5. The molecular formula is C15H17N3O3S3. The van der Waals surface area contributed by atoms with E-state index in [2.05, 4.69) is 10.2 Å². The van der Waals surface area contributed by atoms with E-state index in [1.165, 1.54) is 29.2 Å². The quantitative estimate of drug-likeness (QED) is 0.739. The number of amides is 1. The number of benzene rings is 1. The number of hydrogen-bond acceptors (Lipinski definition) is 7. The first-order valence-electron chi connectivity index (χ1n) is 7.45. The summed E-state index contributed by atoms with van der Waals surface area (Å²) < 4.78 is 27.1. The molecule has 1 amide bonds. The molecule has 2 heterocycles. The van der Waals surface area contributed by atoms with Crippen molar-refractivity contribution < 1.29 is 13.2 Å². The molecule has 1 aromatic carbocycles. The Bertz CT molecular complexity index is 890. The first-order valence-corrected chi connectivity index (χ1v) is 10.7. The van der Waals surface area contributed by atoms with Crippen LogP contribution in [0.25, 0.3) is 0 Å². The summed E-state index contributed by atoms with van der Waals surface area (Å²) in [6, 6.07) is 5.02. The topological polar surface area (TPSA) is 80.2 Å². The highest BCUT2D eigenvalue weighted by Gasteiger charge is 2.42. The number of aryl methyl sites for hydroxylation is 1. The normalized spacial score (nSPS) is 16.0. The minimum atomic E-state index is -3.76. The molecule has 0 saturated carbocycles. The van der Waals surface area contributed by atoms with Crippen molar-refractivity contribution in [1.29, 1.82) is 0 Å². The molecule has 1 aliphatic heterocycles. The number of rotatable bonds is 5. The van der Waals surface area contributed by atoms with E-state index in [-0.39, 0.29) is 17.4 Å². The number of sulfonamides is 1. The number of nitrogens with zero attached hydrogens (tertiary/aromatic N) is 3. The summed E-state index contributed by atoms with van der Waals surface area (Å²) in [4.78, 5) is 12.8. The van der Waals surface area contributed by atoms with Crippen LogP contribution in [0.4, 0.5) is 0 Å². The molecular weight excluding hydrogens is 366 g/mol. The number of hydrogen-bond donors (Lipinski definition) is 0. The zero-order valence-corrected chi connectivity index (χ0v) is 16.0. The monoisotopic (exact) mass is 383 g/mol. The SMILES string of the molecule is Cc1nnc(SCCN2C(=O)c3c(C(C)C)cccc3S2(=O)=O)s1. The summed E-state index contributed by atoms with van der Waals surface area (Å²) in [7, 11) is -3.76. The molecule has 1 aromatic heterocycles. The van der Waals surface area contributed by atoms with Gasteiger partial charge in [0.2, 0.25) is 0 Å². The molecule has 0 bridgehead atoms. The Morgan fingerprint density at radius 2 is 2.04 bits per heavy atom. The van der Waals surface area contributed by atoms with Crippen LogP contribution in [0.2, 0.25) is 0 Å². The lowest BCUT2D eigenvalue weighted by Gasteiger charge is -2.14. The van der Waals surface area contributed by atoms with Crippen LogP contribution in [0.15, 0.2) is 27.4 Å². The number of carbonyl (C=O) groups is 1. The summed E-state index contributed by atoms with van der Waals surface area (Å²) in [6.07, 6.45) is 0. The van der Waals surface area contributed by atoms with E-state index in [4.69, 9.17) is 0 Å². The van der Waals surface area contributed by atoms with Gasteiger partial charge in [-0.15, -0.1) is 10.2 Å². The van der Waals surface area contributed by atoms with Gasteiger partial charge in [-0.1, -0.05) is 49.1 Å². The number of thioether (sulfide) groups is 1. The molecule has 6 nitrogen and oxygen atoms in total. The van der Waals surface area contributed by atoms with Gasteiger partial charge < -0.3 is 0 Å². The Morgan fingerprint density at radius 3 is 2.67 bits per heavy atom. The molecule has 0 aliphatic carbocycles. The van der Waals surface area contributed by atoms with Gasteiger partial charge >= 0.3 is 0 Å². The van der Waals surface area contributed by atoms with Crippen molar-refractivity contribution in [3.63, 3.8) is 0 Å². The average Bonchev–Trinajstić information content (AvgIpc) is 3.02. The van der Waals surface area contributed by atoms with Crippen LogP contribution in [0, 0.1) is 6.92 Å². The smallest absolute Gasteiger partial charge is 0.268 e. The number of fused-ring (bicyclic) bond motifs is 1. The predicted octanol–water partition coefficient (Wildman–Crippen LogP) is 2.91.